The molecule has 0 nitrogen and oxygen atoms in total. The van der Waals surface area contributed by atoms with E-state index in [1.807, 2.05) is 0 Å². The molecule has 1 aliphatic rings. The van der Waals surface area contributed by atoms with Crippen LogP contribution in [0.4, 0.5) is 0 Å². The van der Waals surface area contributed by atoms with Crippen LogP contribution in [0.25, 0.3) is 22.3 Å². The van der Waals surface area contributed by atoms with Crippen molar-refractivity contribution in [1.29, 1.82) is 0 Å². The molecule has 1 aliphatic carbocycles. The van der Waals surface area contributed by atoms with Gasteiger partial charge in [0.05, 0.1) is 0 Å². The summed E-state index contributed by atoms with van der Waals surface area (Å²) in [7, 11) is 0. The predicted octanol–water partition coefficient (Wildman–Crippen LogP) is 3.40. The highest BCUT2D eigenvalue weighted by molar-refractivity contribution is 7.09. The maximum Gasteiger partial charge on any atom is 0.000831 e. The van der Waals surface area contributed by atoms with Gasteiger partial charge in [-0.1, -0.05) is 24.3 Å². The molecule has 0 spiro atoms. The molecule has 1 aromatic heterocycles. The number of thiophene rings is 1. The topological polar surface area (TPSA) is 0 Å². The molecule has 0 aliphatic heterocycles. The van der Waals surface area contributed by atoms with E-state index in [1.165, 1.54) is 22.3 Å². The van der Waals surface area contributed by atoms with Crippen molar-refractivity contribution >= 4 is 11.3 Å². The highest BCUT2D eigenvalue weighted by Crippen LogP contribution is 2.48. The van der Waals surface area contributed by atoms with Gasteiger partial charge >= 0.3 is 0 Å². The summed E-state index contributed by atoms with van der Waals surface area (Å²) >= 11 is 1.79. The second-order valence-corrected chi connectivity index (χ2v) is 3.49. The van der Waals surface area contributed by atoms with Gasteiger partial charge in [0.2, 0.25) is 0 Å². The van der Waals surface area contributed by atoms with Crippen molar-refractivity contribution in [3.8, 4) is 22.3 Å². The minimum Gasteiger partial charge on any atom is -0.151 e. The van der Waals surface area contributed by atoms with Crippen molar-refractivity contribution in [3.63, 3.8) is 0 Å². The molecular formula is C10H6S. The quantitative estimate of drug-likeness (QED) is 0.470. The predicted molar refractivity (Wildman–Crippen MR) is 48.7 cm³/mol. The summed E-state index contributed by atoms with van der Waals surface area (Å²) in [6, 6.07) is 8.56. The summed E-state index contributed by atoms with van der Waals surface area (Å²) in [4.78, 5) is 0. The third-order valence-corrected chi connectivity index (χ3v) is 2.91. The zero-order chi connectivity index (χ0) is 7.26. The van der Waals surface area contributed by atoms with Crippen molar-refractivity contribution in [2.24, 2.45) is 0 Å². The Kier molecular flexibility index (Phi) is 0.880. The van der Waals surface area contributed by atoms with Crippen LogP contribution in [-0.4, -0.2) is 0 Å². The van der Waals surface area contributed by atoms with Gasteiger partial charge in [0.1, 0.15) is 0 Å². The zero-order valence-corrected chi connectivity index (χ0v) is 6.69. The largest absolute Gasteiger partial charge is 0.151 e. The normalized spacial score (nSPS) is 11.6. The molecular weight excluding hydrogens is 152 g/mol. The lowest BCUT2D eigenvalue weighted by Gasteiger charge is -2.18. The average molecular weight is 158 g/mol. The SMILES string of the molecule is c1ccc2c(c1)-c1cscc1-2. The molecule has 3 rings (SSSR count). The molecule has 2 aromatic rings. The van der Waals surface area contributed by atoms with E-state index < -0.39 is 0 Å². The van der Waals surface area contributed by atoms with Gasteiger partial charge < -0.3 is 0 Å². The number of benzene rings is 1. The Hall–Kier alpha value is -1.08. The van der Waals surface area contributed by atoms with Crippen molar-refractivity contribution in [2.45, 2.75) is 0 Å². The van der Waals surface area contributed by atoms with Gasteiger partial charge in [-0.25, -0.2) is 0 Å². The summed E-state index contributed by atoms with van der Waals surface area (Å²) in [5.41, 5.74) is 5.71. The Morgan fingerprint density at radius 1 is 0.727 bits per heavy atom. The van der Waals surface area contributed by atoms with E-state index in [2.05, 4.69) is 35.0 Å². The summed E-state index contributed by atoms with van der Waals surface area (Å²) in [6.07, 6.45) is 0. The van der Waals surface area contributed by atoms with Crippen LogP contribution in [0.5, 0.6) is 0 Å². The molecule has 0 fully saturated rings. The van der Waals surface area contributed by atoms with Crippen molar-refractivity contribution < 1.29 is 0 Å². The standard InChI is InChI=1S/C10H6S/c1-2-4-8-7(3-1)9-5-11-6-10(8)9/h1-6H. The molecule has 1 heterocycles. The second-order valence-electron chi connectivity index (χ2n) is 2.74. The lowest BCUT2D eigenvalue weighted by Crippen LogP contribution is -1.92. The first-order valence-electron chi connectivity index (χ1n) is 3.63. The van der Waals surface area contributed by atoms with Gasteiger partial charge in [-0.15, -0.1) is 0 Å². The van der Waals surface area contributed by atoms with Crippen LogP contribution in [-0.2, 0) is 0 Å². The first-order chi connectivity index (χ1) is 5.47. The monoisotopic (exact) mass is 158 g/mol. The Balaban J connectivity index is 2.38. The zero-order valence-electron chi connectivity index (χ0n) is 5.87. The van der Waals surface area contributed by atoms with E-state index in [4.69, 9.17) is 0 Å². The fourth-order valence-corrected chi connectivity index (χ4v) is 2.45. The van der Waals surface area contributed by atoms with Crippen molar-refractivity contribution in [2.75, 3.05) is 0 Å². The number of hydrogen-bond donors (Lipinski definition) is 0. The van der Waals surface area contributed by atoms with Gasteiger partial charge in [0, 0.05) is 11.1 Å². The molecule has 52 valence electrons. The maximum atomic E-state index is 2.22. The van der Waals surface area contributed by atoms with E-state index >= 15 is 0 Å². The fourth-order valence-electron chi connectivity index (χ4n) is 1.60. The van der Waals surface area contributed by atoms with E-state index in [0.29, 0.717) is 0 Å². The van der Waals surface area contributed by atoms with E-state index in [9.17, 15) is 0 Å². The van der Waals surface area contributed by atoms with Gasteiger partial charge in [-0.3, -0.25) is 0 Å². The van der Waals surface area contributed by atoms with Crippen LogP contribution in [0.2, 0.25) is 0 Å². The maximum absolute atomic E-state index is 2.22. The molecule has 0 atom stereocenters. The summed E-state index contributed by atoms with van der Waals surface area (Å²) in [6.45, 7) is 0. The van der Waals surface area contributed by atoms with E-state index in [-0.39, 0.29) is 0 Å². The highest BCUT2D eigenvalue weighted by Gasteiger charge is 2.21. The molecule has 0 saturated carbocycles. The highest BCUT2D eigenvalue weighted by atomic mass is 32.1. The van der Waals surface area contributed by atoms with Crippen LogP contribution in [0.1, 0.15) is 0 Å². The Bertz CT molecular complexity index is 375. The van der Waals surface area contributed by atoms with E-state index in [0.717, 1.165) is 0 Å². The minimum absolute atomic E-state index is 1.42. The molecule has 0 amide bonds. The molecule has 0 saturated heterocycles. The van der Waals surface area contributed by atoms with Crippen LogP contribution in [0.15, 0.2) is 35.0 Å². The van der Waals surface area contributed by atoms with Gasteiger partial charge in [0.15, 0.2) is 0 Å². The summed E-state index contributed by atoms with van der Waals surface area (Å²) < 4.78 is 0. The second kappa shape index (κ2) is 1.74. The third-order valence-electron chi connectivity index (χ3n) is 2.17. The molecule has 1 aromatic carbocycles. The van der Waals surface area contributed by atoms with E-state index in [1.54, 1.807) is 11.3 Å². The molecule has 0 unspecified atom stereocenters. The molecule has 0 radical (unpaired) electrons. The third kappa shape index (κ3) is 0.548. The number of fused-ring (bicyclic) bond motifs is 4. The smallest absolute Gasteiger partial charge is 0.000831 e. The first kappa shape index (κ1) is 5.56. The number of rotatable bonds is 0. The van der Waals surface area contributed by atoms with Crippen molar-refractivity contribution in [3.05, 3.63) is 35.0 Å². The van der Waals surface area contributed by atoms with Crippen LogP contribution >= 0.6 is 11.3 Å². The summed E-state index contributed by atoms with van der Waals surface area (Å²) in [5.74, 6) is 0. The summed E-state index contributed by atoms with van der Waals surface area (Å²) in [5, 5.41) is 4.44. The van der Waals surface area contributed by atoms with Gasteiger partial charge in [-0.2, -0.15) is 11.3 Å². The van der Waals surface area contributed by atoms with Crippen LogP contribution < -0.4 is 0 Å². The lowest BCUT2D eigenvalue weighted by atomic mass is 9.84. The minimum atomic E-state index is 1.42. The number of hydrogen-bond acceptors (Lipinski definition) is 1. The molecule has 0 N–H and O–H groups in total. The van der Waals surface area contributed by atoms with Crippen molar-refractivity contribution in [1.82, 2.24) is 0 Å². The molecule has 11 heavy (non-hydrogen) atoms. The fraction of sp³-hybridized carbons (Fsp3) is 0. The first-order valence-corrected chi connectivity index (χ1v) is 4.57. The average Bonchev–Trinajstić information content (AvgIpc) is 2.44. The Morgan fingerprint density at radius 2 is 1.27 bits per heavy atom. The van der Waals surface area contributed by atoms with Gasteiger partial charge in [-0.05, 0) is 21.9 Å². The van der Waals surface area contributed by atoms with Crippen LogP contribution in [0.3, 0.4) is 0 Å². The van der Waals surface area contributed by atoms with Crippen LogP contribution in [0, 0.1) is 0 Å². The Morgan fingerprint density at radius 3 is 1.82 bits per heavy atom. The van der Waals surface area contributed by atoms with Gasteiger partial charge in [0.25, 0.3) is 0 Å². The lowest BCUT2D eigenvalue weighted by molar-refractivity contribution is 1.58. The molecule has 0 bridgehead atoms. The molecule has 1 heteroatoms. The Labute approximate surface area is 69.1 Å².